The van der Waals surface area contributed by atoms with E-state index >= 15 is 0 Å². The molecule has 4 rings (SSSR count). The lowest BCUT2D eigenvalue weighted by Gasteiger charge is -2.33. The Morgan fingerprint density at radius 2 is 1.85 bits per heavy atom. The van der Waals surface area contributed by atoms with Crippen LogP contribution < -0.4 is 15.1 Å². The van der Waals surface area contributed by atoms with Crippen molar-refractivity contribution in [2.75, 3.05) is 29.4 Å². The third-order valence-corrected chi connectivity index (χ3v) is 5.38. The van der Waals surface area contributed by atoms with Crippen LogP contribution in [0.2, 0.25) is 0 Å². The summed E-state index contributed by atoms with van der Waals surface area (Å²) in [5, 5.41) is 10.9. The first-order chi connectivity index (χ1) is 13.1. The van der Waals surface area contributed by atoms with E-state index in [9.17, 15) is 4.79 Å². The fourth-order valence-electron chi connectivity index (χ4n) is 3.90. The molecule has 0 aromatic carbocycles. The third-order valence-electron chi connectivity index (χ3n) is 5.38. The molecular formula is C18H27N7O2. The fraction of sp³-hybridized carbons (Fsp3) is 0.722. The van der Waals surface area contributed by atoms with Crippen molar-refractivity contribution >= 4 is 28.8 Å². The van der Waals surface area contributed by atoms with Gasteiger partial charge in [-0.25, -0.2) is 14.6 Å². The minimum Gasteiger partial charge on any atom is -0.353 e. The Morgan fingerprint density at radius 1 is 1.15 bits per heavy atom. The summed E-state index contributed by atoms with van der Waals surface area (Å²) in [5.41, 5.74) is 0.862. The lowest BCUT2D eigenvalue weighted by Crippen LogP contribution is -2.43. The summed E-state index contributed by atoms with van der Waals surface area (Å²) in [4.78, 5) is 25.7. The molecule has 27 heavy (non-hydrogen) atoms. The molecule has 0 spiro atoms. The monoisotopic (exact) mass is 373 g/mol. The highest BCUT2D eigenvalue weighted by molar-refractivity contribution is 5.79. The summed E-state index contributed by atoms with van der Waals surface area (Å²) in [6.45, 7) is 6.90. The van der Waals surface area contributed by atoms with Gasteiger partial charge in [0.2, 0.25) is 17.2 Å². The van der Waals surface area contributed by atoms with Gasteiger partial charge in [0.1, 0.15) is 0 Å². The number of amides is 1. The summed E-state index contributed by atoms with van der Waals surface area (Å²) in [7, 11) is 0. The van der Waals surface area contributed by atoms with Crippen LogP contribution in [-0.4, -0.2) is 57.9 Å². The van der Waals surface area contributed by atoms with Gasteiger partial charge in [-0.05, 0) is 43.4 Å². The molecule has 1 amide bonds. The SMILES string of the molecule is CC(C)N(CC1CCC(=O)N1)c1nc2nonc2nc1N1CCCCCC1. The molecule has 146 valence electrons. The minimum absolute atomic E-state index is 0.124. The molecule has 0 bridgehead atoms. The van der Waals surface area contributed by atoms with E-state index in [2.05, 4.69) is 39.3 Å². The van der Waals surface area contributed by atoms with Gasteiger partial charge >= 0.3 is 0 Å². The Bertz CT molecular complexity index is 798. The highest BCUT2D eigenvalue weighted by Gasteiger charge is 2.29. The molecule has 1 unspecified atom stereocenters. The van der Waals surface area contributed by atoms with Crippen molar-refractivity contribution in [1.82, 2.24) is 25.6 Å². The van der Waals surface area contributed by atoms with Gasteiger partial charge in [-0.2, -0.15) is 0 Å². The summed E-state index contributed by atoms with van der Waals surface area (Å²) in [6, 6.07) is 0.338. The topological polar surface area (TPSA) is 100 Å². The number of carbonyl (C=O) groups is 1. The maximum Gasteiger partial charge on any atom is 0.245 e. The number of hydrogen-bond acceptors (Lipinski definition) is 8. The van der Waals surface area contributed by atoms with Gasteiger partial charge in [0.05, 0.1) is 0 Å². The number of nitrogens with one attached hydrogen (secondary N) is 1. The van der Waals surface area contributed by atoms with E-state index in [0.717, 1.165) is 44.0 Å². The van der Waals surface area contributed by atoms with Gasteiger partial charge in [0.15, 0.2) is 11.6 Å². The molecule has 2 saturated heterocycles. The second kappa shape index (κ2) is 7.66. The first kappa shape index (κ1) is 17.9. The molecule has 2 aliphatic rings. The molecule has 2 fully saturated rings. The van der Waals surface area contributed by atoms with Gasteiger partial charge in [0.25, 0.3) is 0 Å². The van der Waals surface area contributed by atoms with E-state index in [-0.39, 0.29) is 18.0 Å². The number of rotatable bonds is 5. The van der Waals surface area contributed by atoms with Crippen molar-refractivity contribution in [3.8, 4) is 0 Å². The normalized spacial score (nSPS) is 20.9. The molecule has 2 aromatic rings. The molecule has 1 N–H and O–H groups in total. The van der Waals surface area contributed by atoms with Crippen molar-refractivity contribution < 1.29 is 9.42 Å². The van der Waals surface area contributed by atoms with Crippen LogP contribution in [0.1, 0.15) is 52.4 Å². The van der Waals surface area contributed by atoms with Gasteiger partial charge < -0.3 is 15.1 Å². The number of aromatic nitrogens is 4. The average molecular weight is 373 g/mol. The second-order valence-electron chi connectivity index (χ2n) is 7.73. The zero-order valence-electron chi connectivity index (χ0n) is 16.0. The van der Waals surface area contributed by atoms with Crippen LogP contribution in [0.4, 0.5) is 11.6 Å². The molecule has 9 nitrogen and oxygen atoms in total. The fourth-order valence-corrected chi connectivity index (χ4v) is 3.90. The van der Waals surface area contributed by atoms with Crippen molar-refractivity contribution in [2.45, 2.75) is 64.5 Å². The lowest BCUT2D eigenvalue weighted by atomic mass is 10.2. The number of hydrogen-bond donors (Lipinski definition) is 1. The van der Waals surface area contributed by atoms with E-state index < -0.39 is 0 Å². The Kier molecular flexibility index (Phi) is 5.09. The molecule has 0 radical (unpaired) electrons. The Labute approximate surface area is 158 Å². The predicted molar refractivity (Wildman–Crippen MR) is 102 cm³/mol. The average Bonchev–Trinajstić information content (AvgIpc) is 3.18. The second-order valence-corrected chi connectivity index (χ2v) is 7.73. The molecule has 2 aliphatic heterocycles. The number of anilines is 2. The largest absolute Gasteiger partial charge is 0.353 e. The van der Waals surface area contributed by atoms with Crippen LogP contribution >= 0.6 is 0 Å². The summed E-state index contributed by atoms with van der Waals surface area (Å²) in [6.07, 6.45) is 6.23. The number of carbonyl (C=O) groups excluding carboxylic acids is 1. The molecule has 4 heterocycles. The number of fused-ring (bicyclic) bond motifs is 1. The zero-order chi connectivity index (χ0) is 18.8. The Hall–Kier alpha value is -2.45. The van der Waals surface area contributed by atoms with Gasteiger partial charge in [0, 0.05) is 38.1 Å². The molecular weight excluding hydrogens is 346 g/mol. The Morgan fingerprint density at radius 3 is 2.48 bits per heavy atom. The third kappa shape index (κ3) is 3.81. The van der Waals surface area contributed by atoms with E-state index in [4.69, 9.17) is 14.6 Å². The number of nitrogens with zero attached hydrogens (tertiary/aromatic N) is 6. The van der Waals surface area contributed by atoms with Crippen LogP contribution in [0.3, 0.4) is 0 Å². The molecule has 0 saturated carbocycles. The van der Waals surface area contributed by atoms with Crippen LogP contribution in [-0.2, 0) is 4.79 Å². The molecule has 1 atom stereocenters. The van der Waals surface area contributed by atoms with Crippen molar-refractivity contribution in [2.24, 2.45) is 0 Å². The van der Waals surface area contributed by atoms with E-state index in [0.29, 0.717) is 24.3 Å². The first-order valence-corrected chi connectivity index (χ1v) is 9.93. The molecule has 9 heteroatoms. The Balaban J connectivity index is 1.71. The highest BCUT2D eigenvalue weighted by Crippen LogP contribution is 2.31. The van der Waals surface area contributed by atoms with Crippen molar-refractivity contribution in [3.63, 3.8) is 0 Å². The van der Waals surface area contributed by atoms with Crippen LogP contribution in [0.15, 0.2) is 4.63 Å². The first-order valence-electron chi connectivity index (χ1n) is 9.93. The lowest BCUT2D eigenvalue weighted by molar-refractivity contribution is -0.119. The minimum atomic E-state index is 0.124. The summed E-state index contributed by atoms with van der Waals surface area (Å²) >= 11 is 0. The quantitative estimate of drug-likeness (QED) is 0.848. The predicted octanol–water partition coefficient (Wildman–Crippen LogP) is 1.89. The molecule has 0 aliphatic carbocycles. The maximum atomic E-state index is 11.6. The summed E-state index contributed by atoms with van der Waals surface area (Å²) < 4.78 is 4.86. The van der Waals surface area contributed by atoms with Gasteiger partial charge in [-0.15, -0.1) is 0 Å². The van der Waals surface area contributed by atoms with Crippen LogP contribution in [0.5, 0.6) is 0 Å². The molecule has 2 aromatic heterocycles. The van der Waals surface area contributed by atoms with E-state index in [1.54, 1.807) is 0 Å². The summed E-state index contributed by atoms with van der Waals surface area (Å²) in [5.74, 6) is 1.77. The smallest absolute Gasteiger partial charge is 0.245 e. The maximum absolute atomic E-state index is 11.6. The van der Waals surface area contributed by atoms with Gasteiger partial charge in [-0.3, -0.25) is 4.79 Å². The van der Waals surface area contributed by atoms with E-state index in [1.165, 1.54) is 12.8 Å². The van der Waals surface area contributed by atoms with Crippen LogP contribution in [0, 0.1) is 0 Å². The standard InChI is InChI=1S/C18H27N7O2/c1-12(2)25(11-13-7-8-14(26)19-13)18-17(24-9-5-3-4-6-10-24)20-15-16(21-18)23-27-22-15/h12-13H,3-11H2,1-2H3,(H,19,26). The van der Waals surface area contributed by atoms with Gasteiger partial charge in [-0.1, -0.05) is 12.8 Å². The van der Waals surface area contributed by atoms with Crippen LogP contribution in [0.25, 0.3) is 11.3 Å². The zero-order valence-corrected chi connectivity index (χ0v) is 16.0. The van der Waals surface area contributed by atoms with Crippen molar-refractivity contribution in [1.29, 1.82) is 0 Å². The highest BCUT2D eigenvalue weighted by atomic mass is 16.6. The van der Waals surface area contributed by atoms with Crippen molar-refractivity contribution in [3.05, 3.63) is 0 Å². The van der Waals surface area contributed by atoms with E-state index in [1.807, 2.05) is 0 Å².